The molecule has 2 aliphatic heterocycles. The van der Waals surface area contributed by atoms with Crippen molar-refractivity contribution in [1.29, 1.82) is 0 Å². The van der Waals surface area contributed by atoms with E-state index in [0.717, 1.165) is 0 Å². The van der Waals surface area contributed by atoms with Gasteiger partial charge in [-0.3, -0.25) is 4.79 Å². The minimum absolute atomic E-state index is 0.0559. The Bertz CT molecular complexity index is 297. The van der Waals surface area contributed by atoms with Gasteiger partial charge in [-0.1, -0.05) is 0 Å². The molecule has 0 aliphatic carbocycles. The van der Waals surface area contributed by atoms with E-state index in [1.165, 1.54) is 0 Å². The van der Waals surface area contributed by atoms with E-state index in [2.05, 4.69) is 4.84 Å². The summed E-state index contributed by atoms with van der Waals surface area (Å²) in [5.74, 6) is 0.614. The molecule has 2 heterocycles. The van der Waals surface area contributed by atoms with Crippen molar-refractivity contribution in [1.82, 2.24) is 4.90 Å². The minimum atomic E-state index is -0.846. The van der Waals surface area contributed by atoms with Gasteiger partial charge in [-0.2, -0.15) is 0 Å². The zero-order valence-electron chi connectivity index (χ0n) is 7.63. The first kappa shape index (κ1) is 9.57. The molecule has 2 aliphatic rings. The maximum atomic E-state index is 11.1. The summed E-state index contributed by atoms with van der Waals surface area (Å²) in [7, 11) is 0. The maximum absolute atomic E-state index is 11.1. The average Bonchev–Trinajstić information content (AvgIpc) is 2.06. The minimum Gasteiger partial charge on any atom is -0.328 e. The van der Waals surface area contributed by atoms with E-state index >= 15 is 0 Å². The van der Waals surface area contributed by atoms with Gasteiger partial charge in [-0.05, 0) is 6.92 Å². The topological polar surface area (TPSA) is 72.7 Å². The second-order valence-electron chi connectivity index (χ2n) is 3.76. The van der Waals surface area contributed by atoms with Crippen molar-refractivity contribution in [3.63, 3.8) is 0 Å². The normalized spacial score (nSPS) is 35.9. The number of hydrogen-bond acceptors (Lipinski definition) is 5. The van der Waals surface area contributed by atoms with Gasteiger partial charge < -0.3 is 9.74 Å². The lowest BCUT2D eigenvalue weighted by atomic mass is 10.0. The molecule has 0 aromatic carbocycles. The molecule has 2 rings (SSSR count). The summed E-state index contributed by atoms with van der Waals surface area (Å²) in [5, 5.41) is 9.66. The van der Waals surface area contributed by atoms with Crippen LogP contribution >= 0.6 is 11.8 Å². The highest BCUT2D eigenvalue weighted by atomic mass is 32.2. The van der Waals surface area contributed by atoms with E-state index in [4.69, 9.17) is 0 Å². The highest BCUT2D eigenvalue weighted by Gasteiger charge is 2.47. The molecular weight excluding hydrogens is 208 g/mol. The van der Waals surface area contributed by atoms with E-state index < -0.39 is 10.7 Å². The molecule has 14 heavy (non-hydrogen) atoms. The predicted molar refractivity (Wildman–Crippen MR) is 49.1 cm³/mol. The third-order valence-corrected chi connectivity index (χ3v) is 3.98. The Morgan fingerprint density at radius 3 is 3.07 bits per heavy atom. The number of rotatable bonds is 2. The van der Waals surface area contributed by atoms with Crippen molar-refractivity contribution < 1.29 is 14.7 Å². The smallest absolute Gasteiger partial charge is 0.295 e. The molecule has 0 N–H and O–H groups in total. The Kier molecular flexibility index (Phi) is 2.06. The van der Waals surface area contributed by atoms with Gasteiger partial charge in [0.2, 0.25) is 5.91 Å². The van der Waals surface area contributed by atoms with E-state index in [0.29, 0.717) is 18.7 Å². The van der Waals surface area contributed by atoms with Crippen LogP contribution in [-0.2, 0) is 9.63 Å². The first-order valence-electron chi connectivity index (χ1n) is 4.25. The maximum Gasteiger partial charge on any atom is 0.295 e. The van der Waals surface area contributed by atoms with Crippen molar-refractivity contribution in [3.05, 3.63) is 10.1 Å². The fourth-order valence-electron chi connectivity index (χ4n) is 1.68. The standard InChI is InChI=1S/C7H10N2O4S/c1-7(13-9(11)12)3-8-5(10)2-6(8)14-4-7/h6H,2-4H2,1H3/t6-,7?/m0/s1. The quantitative estimate of drug-likeness (QED) is 0.377. The SMILES string of the molecule is CC1(O[N+](=O)[O-])CS[C@H]2CC(=O)N2C1. The largest absolute Gasteiger partial charge is 0.328 e. The Morgan fingerprint density at radius 2 is 2.50 bits per heavy atom. The van der Waals surface area contributed by atoms with Crippen LogP contribution in [0.5, 0.6) is 0 Å². The van der Waals surface area contributed by atoms with Gasteiger partial charge in [0.25, 0.3) is 5.09 Å². The highest BCUT2D eigenvalue weighted by Crippen LogP contribution is 2.38. The zero-order valence-corrected chi connectivity index (χ0v) is 8.45. The second kappa shape index (κ2) is 3.01. The summed E-state index contributed by atoms with van der Waals surface area (Å²) in [6, 6.07) is 0. The van der Waals surface area contributed by atoms with Crippen LogP contribution in [-0.4, -0.2) is 39.2 Å². The molecular formula is C7H10N2O4S. The third kappa shape index (κ3) is 1.52. The van der Waals surface area contributed by atoms with E-state index in [-0.39, 0.29) is 11.3 Å². The van der Waals surface area contributed by atoms with Crippen LogP contribution in [0.1, 0.15) is 13.3 Å². The monoisotopic (exact) mass is 218 g/mol. The van der Waals surface area contributed by atoms with Crippen LogP contribution in [0, 0.1) is 10.1 Å². The molecule has 0 saturated carbocycles. The molecule has 0 aromatic heterocycles. The van der Waals surface area contributed by atoms with Gasteiger partial charge in [0.15, 0.2) is 0 Å². The van der Waals surface area contributed by atoms with Crippen LogP contribution < -0.4 is 0 Å². The van der Waals surface area contributed by atoms with Crippen LogP contribution in [0.2, 0.25) is 0 Å². The molecule has 2 fully saturated rings. The zero-order chi connectivity index (χ0) is 10.3. The van der Waals surface area contributed by atoms with Crippen LogP contribution in [0.15, 0.2) is 0 Å². The molecule has 1 unspecified atom stereocenters. The van der Waals surface area contributed by atoms with Crippen molar-refractivity contribution >= 4 is 17.7 Å². The summed E-state index contributed by atoms with van der Waals surface area (Å²) in [4.78, 5) is 27.6. The summed E-state index contributed by atoms with van der Waals surface area (Å²) in [6.07, 6.45) is 0.555. The van der Waals surface area contributed by atoms with Gasteiger partial charge in [0.05, 0.1) is 18.3 Å². The molecule has 1 amide bonds. The van der Waals surface area contributed by atoms with Crippen molar-refractivity contribution in [2.24, 2.45) is 0 Å². The van der Waals surface area contributed by atoms with Crippen molar-refractivity contribution in [2.75, 3.05) is 12.3 Å². The number of β-lactam (4-membered cyclic amide) rings is 1. The second-order valence-corrected chi connectivity index (χ2v) is 4.92. The number of amides is 1. The van der Waals surface area contributed by atoms with Gasteiger partial charge in [-0.15, -0.1) is 21.9 Å². The fraction of sp³-hybridized carbons (Fsp3) is 0.857. The lowest BCUT2D eigenvalue weighted by Crippen LogP contribution is -2.62. The van der Waals surface area contributed by atoms with Gasteiger partial charge in [0, 0.05) is 5.75 Å². The van der Waals surface area contributed by atoms with Crippen molar-refractivity contribution in [2.45, 2.75) is 24.3 Å². The summed E-state index contributed by atoms with van der Waals surface area (Å²) in [5.41, 5.74) is -0.846. The van der Waals surface area contributed by atoms with Crippen LogP contribution in [0.4, 0.5) is 0 Å². The number of hydrogen-bond donors (Lipinski definition) is 0. The molecule has 0 spiro atoms. The lowest BCUT2D eigenvalue weighted by molar-refractivity contribution is -0.778. The Hall–Kier alpha value is -0.980. The highest BCUT2D eigenvalue weighted by molar-refractivity contribution is 8.00. The average molecular weight is 218 g/mol. The molecule has 7 heteroatoms. The van der Waals surface area contributed by atoms with Crippen molar-refractivity contribution in [3.8, 4) is 0 Å². The molecule has 0 bridgehead atoms. The van der Waals surface area contributed by atoms with Gasteiger partial charge >= 0.3 is 0 Å². The third-order valence-electron chi connectivity index (χ3n) is 2.40. The number of fused-ring (bicyclic) bond motifs is 1. The summed E-state index contributed by atoms with van der Waals surface area (Å²) < 4.78 is 0. The van der Waals surface area contributed by atoms with Gasteiger partial charge in [0.1, 0.15) is 5.60 Å². The first-order chi connectivity index (χ1) is 6.50. The van der Waals surface area contributed by atoms with E-state index in [1.54, 1.807) is 23.6 Å². The molecule has 78 valence electrons. The Morgan fingerprint density at radius 1 is 1.79 bits per heavy atom. The molecule has 0 aromatic rings. The van der Waals surface area contributed by atoms with E-state index in [1.807, 2.05) is 0 Å². The molecule has 2 atom stereocenters. The van der Waals surface area contributed by atoms with Gasteiger partial charge in [-0.25, -0.2) is 0 Å². The Balaban J connectivity index is 2.01. The number of nitrogens with zero attached hydrogens (tertiary/aromatic N) is 2. The summed E-state index contributed by atoms with van der Waals surface area (Å²) in [6.45, 7) is 1.98. The molecule has 6 nitrogen and oxygen atoms in total. The predicted octanol–water partition coefficient (Wildman–Crippen LogP) is 0.259. The van der Waals surface area contributed by atoms with E-state index in [9.17, 15) is 14.9 Å². The Labute approximate surface area is 84.7 Å². The number of carbonyl (C=O) groups excluding carboxylic acids is 1. The summed E-state index contributed by atoms with van der Waals surface area (Å²) >= 11 is 1.54. The number of carbonyl (C=O) groups is 1. The fourth-order valence-corrected chi connectivity index (χ4v) is 3.00. The first-order valence-corrected chi connectivity index (χ1v) is 5.30. The van der Waals surface area contributed by atoms with Crippen LogP contribution in [0.3, 0.4) is 0 Å². The lowest BCUT2D eigenvalue weighted by Gasteiger charge is -2.49. The molecule has 2 saturated heterocycles. The number of thioether (sulfide) groups is 1. The molecule has 0 radical (unpaired) electrons. The van der Waals surface area contributed by atoms with Crippen LogP contribution in [0.25, 0.3) is 0 Å².